The highest BCUT2D eigenvalue weighted by Crippen LogP contribution is 2.32. The lowest BCUT2D eigenvalue weighted by Crippen LogP contribution is -2.32. The Morgan fingerprint density at radius 3 is 2.48 bits per heavy atom. The van der Waals surface area contributed by atoms with Gasteiger partial charge in [0.15, 0.2) is 0 Å². The summed E-state index contributed by atoms with van der Waals surface area (Å²) < 4.78 is 37.8. The van der Waals surface area contributed by atoms with Gasteiger partial charge >= 0.3 is 6.18 Å². The van der Waals surface area contributed by atoms with E-state index in [1.54, 1.807) is 12.1 Å². The molecule has 5 heteroatoms. The Bertz CT molecular complexity index is 442. The number of alkyl halides is 3. The third kappa shape index (κ3) is 3.98. The molecule has 1 aliphatic heterocycles. The second-order valence-corrected chi connectivity index (χ2v) is 5.81. The van der Waals surface area contributed by atoms with Gasteiger partial charge in [-0.25, -0.2) is 0 Å². The maximum Gasteiger partial charge on any atom is 0.416 e. The van der Waals surface area contributed by atoms with Gasteiger partial charge in [-0.3, -0.25) is 4.90 Å². The van der Waals surface area contributed by atoms with Crippen LogP contribution in [0.4, 0.5) is 13.2 Å². The van der Waals surface area contributed by atoms with Gasteiger partial charge in [-0.15, -0.1) is 0 Å². The normalized spacial score (nSPS) is 21.7. The van der Waals surface area contributed by atoms with Crippen LogP contribution in [0.3, 0.4) is 0 Å². The number of hydrogen-bond donors (Lipinski definition) is 1. The number of nitrogens with two attached hydrogens (primary N) is 1. The Hall–Kier alpha value is -1.07. The van der Waals surface area contributed by atoms with Gasteiger partial charge in [0.1, 0.15) is 0 Å². The van der Waals surface area contributed by atoms with Crippen molar-refractivity contribution >= 4 is 0 Å². The molecular formula is C16H23F3N2. The lowest BCUT2D eigenvalue weighted by Gasteiger charge is -2.27. The Morgan fingerprint density at radius 1 is 1.29 bits per heavy atom. The van der Waals surface area contributed by atoms with E-state index in [1.807, 2.05) is 0 Å². The summed E-state index contributed by atoms with van der Waals surface area (Å²) in [6, 6.07) is 5.45. The summed E-state index contributed by atoms with van der Waals surface area (Å²) in [5.41, 5.74) is 6.14. The lowest BCUT2D eigenvalue weighted by atomic mass is 10.0. The van der Waals surface area contributed by atoms with E-state index in [1.165, 1.54) is 12.8 Å². The Balaban J connectivity index is 2.08. The Morgan fingerprint density at radius 2 is 1.95 bits per heavy atom. The zero-order valence-corrected chi connectivity index (χ0v) is 12.4. The molecule has 0 saturated carbocycles. The van der Waals surface area contributed by atoms with Crippen molar-refractivity contribution in [3.63, 3.8) is 0 Å². The largest absolute Gasteiger partial charge is 0.416 e. The van der Waals surface area contributed by atoms with Crippen LogP contribution in [0.1, 0.15) is 43.4 Å². The van der Waals surface area contributed by atoms with Gasteiger partial charge in [0.05, 0.1) is 5.56 Å². The lowest BCUT2D eigenvalue weighted by molar-refractivity contribution is -0.137. The minimum absolute atomic E-state index is 0.0224. The Labute approximate surface area is 124 Å². The van der Waals surface area contributed by atoms with Crippen molar-refractivity contribution in [2.45, 2.75) is 38.4 Å². The predicted molar refractivity (Wildman–Crippen MR) is 77.8 cm³/mol. The molecule has 0 bridgehead atoms. The van der Waals surface area contributed by atoms with Gasteiger partial charge in [0.25, 0.3) is 0 Å². The molecule has 1 saturated heterocycles. The molecule has 2 unspecified atom stereocenters. The first-order chi connectivity index (χ1) is 9.95. The van der Waals surface area contributed by atoms with Crippen LogP contribution in [0.2, 0.25) is 0 Å². The average Bonchev–Trinajstić information content (AvgIpc) is 2.88. The fraction of sp³-hybridized carbons (Fsp3) is 0.625. The van der Waals surface area contributed by atoms with E-state index < -0.39 is 11.7 Å². The van der Waals surface area contributed by atoms with Crippen LogP contribution in [-0.2, 0) is 6.18 Å². The summed E-state index contributed by atoms with van der Waals surface area (Å²) >= 11 is 0. The molecule has 0 aliphatic carbocycles. The van der Waals surface area contributed by atoms with Crippen LogP contribution in [0, 0.1) is 5.92 Å². The van der Waals surface area contributed by atoms with E-state index >= 15 is 0 Å². The van der Waals surface area contributed by atoms with Crippen LogP contribution in [-0.4, -0.2) is 24.5 Å². The van der Waals surface area contributed by atoms with E-state index in [0.717, 1.165) is 37.2 Å². The molecule has 1 fully saturated rings. The first kappa shape index (κ1) is 16.3. The van der Waals surface area contributed by atoms with Crippen LogP contribution < -0.4 is 5.73 Å². The first-order valence-electron chi connectivity index (χ1n) is 7.57. The minimum Gasteiger partial charge on any atom is -0.329 e. The smallest absolute Gasteiger partial charge is 0.329 e. The second-order valence-electron chi connectivity index (χ2n) is 5.81. The van der Waals surface area contributed by atoms with Crippen molar-refractivity contribution in [3.8, 4) is 0 Å². The SMILES string of the molecule is CCCC1CCN(C(CN)c2ccc(C(F)(F)F)cc2)C1. The predicted octanol–water partition coefficient (Wildman–Crippen LogP) is 3.83. The molecule has 0 aromatic heterocycles. The zero-order valence-electron chi connectivity index (χ0n) is 12.4. The fourth-order valence-corrected chi connectivity index (χ4v) is 3.18. The third-order valence-corrected chi connectivity index (χ3v) is 4.30. The summed E-state index contributed by atoms with van der Waals surface area (Å²) in [6.07, 6.45) is -0.742. The van der Waals surface area contributed by atoms with Crippen molar-refractivity contribution in [2.75, 3.05) is 19.6 Å². The topological polar surface area (TPSA) is 29.3 Å². The molecule has 2 atom stereocenters. The van der Waals surface area contributed by atoms with Crippen molar-refractivity contribution < 1.29 is 13.2 Å². The minimum atomic E-state index is -4.28. The van der Waals surface area contributed by atoms with E-state index in [0.29, 0.717) is 12.5 Å². The summed E-state index contributed by atoms with van der Waals surface area (Å²) in [4.78, 5) is 2.31. The quantitative estimate of drug-likeness (QED) is 0.895. The van der Waals surface area contributed by atoms with Crippen LogP contribution >= 0.6 is 0 Å². The average molecular weight is 300 g/mol. The fourth-order valence-electron chi connectivity index (χ4n) is 3.18. The molecule has 0 amide bonds. The highest BCUT2D eigenvalue weighted by molar-refractivity contribution is 5.27. The standard InChI is InChI=1S/C16H23F3N2/c1-2-3-12-8-9-21(11-12)15(10-20)13-4-6-14(7-5-13)16(17,18)19/h4-7,12,15H,2-3,8-11,20H2,1H3. The van der Waals surface area contributed by atoms with Gasteiger partial charge in [0, 0.05) is 19.1 Å². The molecule has 2 N–H and O–H groups in total. The van der Waals surface area contributed by atoms with Crippen molar-refractivity contribution in [1.82, 2.24) is 4.90 Å². The van der Waals surface area contributed by atoms with Gasteiger partial charge < -0.3 is 5.73 Å². The molecule has 118 valence electrons. The summed E-state index contributed by atoms with van der Waals surface area (Å²) in [6.45, 7) is 4.59. The van der Waals surface area contributed by atoms with Crippen molar-refractivity contribution in [2.24, 2.45) is 11.7 Å². The summed E-state index contributed by atoms with van der Waals surface area (Å²) in [5.74, 6) is 0.693. The maximum absolute atomic E-state index is 12.6. The molecule has 1 aromatic rings. The molecule has 1 aliphatic rings. The molecule has 1 aromatic carbocycles. The van der Waals surface area contributed by atoms with Gasteiger partial charge in [-0.1, -0.05) is 25.5 Å². The monoisotopic (exact) mass is 300 g/mol. The number of benzene rings is 1. The van der Waals surface area contributed by atoms with Gasteiger partial charge in [0.2, 0.25) is 0 Å². The van der Waals surface area contributed by atoms with Crippen LogP contribution in [0.15, 0.2) is 24.3 Å². The van der Waals surface area contributed by atoms with E-state index in [9.17, 15) is 13.2 Å². The molecule has 0 spiro atoms. The Kier molecular flexibility index (Phi) is 5.27. The van der Waals surface area contributed by atoms with E-state index in [4.69, 9.17) is 5.73 Å². The second kappa shape index (κ2) is 6.79. The number of nitrogens with zero attached hydrogens (tertiary/aromatic N) is 1. The van der Waals surface area contributed by atoms with Crippen LogP contribution in [0.25, 0.3) is 0 Å². The number of likely N-dealkylation sites (tertiary alicyclic amines) is 1. The zero-order chi connectivity index (χ0) is 15.5. The molecule has 2 nitrogen and oxygen atoms in total. The maximum atomic E-state index is 12.6. The van der Waals surface area contributed by atoms with Crippen molar-refractivity contribution in [3.05, 3.63) is 35.4 Å². The molecule has 0 radical (unpaired) electrons. The molecule has 21 heavy (non-hydrogen) atoms. The molecule has 2 rings (SSSR count). The molecular weight excluding hydrogens is 277 g/mol. The number of hydrogen-bond acceptors (Lipinski definition) is 2. The van der Waals surface area contributed by atoms with Crippen LogP contribution in [0.5, 0.6) is 0 Å². The molecule has 1 heterocycles. The summed E-state index contributed by atoms with van der Waals surface area (Å²) in [5, 5.41) is 0. The van der Waals surface area contributed by atoms with E-state index in [2.05, 4.69) is 11.8 Å². The van der Waals surface area contributed by atoms with Gasteiger partial charge in [-0.05, 0) is 43.0 Å². The van der Waals surface area contributed by atoms with Crippen molar-refractivity contribution in [1.29, 1.82) is 0 Å². The highest BCUT2D eigenvalue weighted by atomic mass is 19.4. The number of halogens is 3. The number of rotatable bonds is 5. The highest BCUT2D eigenvalue weighted by Gasteiger charge is 2.31. The van der Waals surface area contributed by atoms with E-state index in [-0.39, 0.29) is 6.04 Å². The van der Waals surface area contributed by atoms with Gasteiger partial charge in [-0.2, -0.15) is 13.2 Å². The third-order valence-electron chi connectivity index (χ3n) is 4.30. The first-order valence-corrected chi connectivity index (χ1v) is 7.57. The summed E-state index contributed by atoms with van der Waals surface area (Å²) in [7, 11) is 0.